The molecule has 14 heavy (non-hydrogen) atoms. The van der Waals surface area contributed by atoms with Gasteiger partial charge < -0.3 is 14.7 Å². The zero-order valence-corrected chi connectivity index (χ0v) is 9.49. The van der Waals surface area contributed by atoms with Crippen molar-refractivity contribution >= 4 is 5.97 Å². The van der Waals surface area contributed by atoms with E-state index < -0.39 is 12.1 Å². The van der Waals surface area contributed by atoms with Crippen LogP contribution in [-0.4, -0.2) is 48.8 Å². The summed E-state index contributed by atoms with van der Waals surface area (Å²) < 4.78 is 4.41. The maximum atomic E-state index is 10.8. The number of carbonyl (C=O) groups is 1. The highest BCUT2D eigenvalue weighted by Gasteiger charge is 2.14. The lowest BCUT2D eigenvalue weighted by Gasteiger charge is -2.21. The van der Waals surface area contributed by atoms with Gasteiger partial charge in [-0.3, -0.25) is 0 Å². The largest absolute Gasteiger partial charge is 0.467 e. The molecule has 0 heterocycles. The van der Waals surface area contributed by atoms with Crippen LogP contribution in [0, 0.1) is 0 Å². The topological polar surface area (TPSA) is 49.8 Å². The summed E-state index contributed by atoms with van der Waals surface area (Å²) in [6.07, 6.45) is 0.287. The monoisotopic (exact) mass is 203 g/mol. The van der Waals surface area contributed by atoms with Gasteiger partial charge in [0.1, 0.15) is 0 Å². The van der Waals surface area contributed by atoms with Gasteiger partial charge in [0.25, 0.3) is 0 Å². The lowest BCUT2D eigenvalue weighted by Crippen LogP contribution is -2.29. The number of hydrogen-bond acceptors (Lipinski definition) is 4. The molecule has 0 aliphatic carbocycles. The summed E-state index contributed by atoms with van der Waals surface area (Å²) in [6, 6.07) is 0.491. The molecule has 0 fully saturated rings. The van der Waals surface area contributed by atoms with Crippen molar-refractivity contribution in [1.82, 2.24) is 4.90 Å². The molecule has 0 aromatic carbocycles. The first-order valence-corrected chi connectivity index (χ1v) is 4.95. The second kappa shape index (κ2) is 6.79. The second-order valence-corrected chi connectivity index (χ2v) is 3.76. The molecule has 1 unspecified atom stereocenters. The second-order valence-electron chi connectivity index (χ2n) is 3.76. The molecule has 4 nitrogen and oxygen atoms in total. The van der Waals surface area contributed by atoms with Gasteiger partial charge in [-0.2, -0.15) is 0 Å². The number of hydrogen-bond donors (Lipinski definition) is 1. The quantitative estimate of drug-likeness (QED) is 0.644. The molecule has 0 aromatic rings. The van der Waals surface area contributed by atoms with E-state index in [9.17, 15) is 9.90 Å². The lowest BCUT2D eigenvalue weighted by molar-refractivity contribution is -0.150. The number of carbonyl (C=O) groups excluding carboxylic acids is 1. The van der Waals surface area contributed by atoms with E-state index in [-0.39, 0.29) is 0 Å². The van der Waals surface area contributed by atoms with Crippen molar-refractivity contribution in [3.63, 3.8) is 0 Å². The van der Waals surface area contributed by atoms with Crippen LogP contribution in [-0.2, 0) is 9.53 Å². The molecule has 1 atom stereocenters. The molecule has 0 aliphatic heterocycles. The Morgan fingerprint density at radius 3 is 2.50 bits per heavy atom. The minimum atomic E-state index is -0.972. The maximum Gasteiger partial charge on any atom is 0.334 e. The van der Waals surface area contributed by atoms with Crippen molar-refractivity contribution in [2.24, 2.45) is 0 Å². The number of nitrogens with zero attached hydrogens (tertiary/aromatic N) is 1. The summed E-state index contributed by atoms with van der Waals surface area (Å²) in [4.78, 5) is 13.0. The van der Waals surface area contributed by atoms with E-state index in [0.29, 0.717) is 12.5 Å². The minimum Gasteiger partial charge on any atom is -0.467 e. The number of methoxy groups -OCH3 is 1. The van der Waals surface area contributed by atoms with Gasteiger partial charge in [-0.05, 0) is 40.3 Å². The smallest absolute Gasteiger partial charge is 0.334 e. The normalized spacial score (nSPS) is 13.4. The number of ether oxygens (including phenoxy) is 1. The van der Waals surface area contributed by atoms with Crippen LogP contribution in [0.15, 0.2) is 0 Å². The Bertz CT molecular complexity index is 171. The predicted molar refractivity (Wildman–Crippen MR) is 55.0 cm³/mol. The van der Waals surface area contributed by atoms with Gasteiger partial charge in [-0.1, -0.05) is 0 Å². The predicted octanol–water partition coefficient (Wildman–Crippen LogP) is 0.641. The number of aliphatic hydroxyl groups excluding tert-OH is 1. The van der Waals surface area contributed by atoms with E-state index >= 15 is 0 Å². The zero-order chi connectivity index (χ0) is 11.1. The molecule has 0 saturated carbocycles. The first kappa shape index (κ1) is 13.4. The highest BCUT2D eigenvalue weighted by molar-refractivity contribution is 5.74. The summed E-state index contributed by atoms with van der Waals surface area (Å²) in [5.41, 5.74) is 0. The molecular formula is C10H21NO3. The standard InChI is InChI=1S/C10H21NO3/c1-8(2)11(3)7-5-6-9(12)10(13)14-4/h8-9,12H,5-7H2,1-4H3. The number of esters is 1. The number of rotatable bonds is 6. The molecule has 0 aliphatic rings. The molecule has 84 valence electrons. The van der Waals surface area contributed by atoms with Gasteiger partial charge in [0.2, 0.25) is 0 Å². The van der Waals surface area contributed by atoms with Crippen LogP contribution in [0.5, 0.6) is 0 Å². The van der Waals surface area contributed by atoms with Gasteiger partial charge >= 0.3 is 5.97 Å². The number of aliphatic hydroxyl groups is 1. The first-order chi connectivity index (χ1) is 6.49. The van der Waals surface area contributed by atoms with Crippen LogP contribution in [0.4, 0.5) is 0 Å². The Morgan fingerprint density at radius 1 is 1.50 bits per heavy atom. The summed E-state index contributed by atoms with van der Waals surface area (Å²) in [5, 5.41) is 9.28. The molecular weight excluding hydrogens is 182 g/mol. The zero-order valence-electron chi connectivity index (χ0n) is 9.49. The minimum absolute atomic E-state index is 0.462. The lowest BCUT2D eigenvalue weighted by atomic mass is 10.2. The molecule has 0 amide bonds. The fourth-order valence-electron chi connectivity index (χ4n) is 1.05. The van der Waals surface area contributed by atoms with E-state index in [1.54, 1.807) is 0 Å². The fraction of sp³-hybridized carbons (Fsp3) is 0.900. The maximum absolute atomic E-state index is 10.8. The van der Waals surface area contributed by atoms with Crippen molar-refractivity contribution in [3.8, 4) is 0 Å². The average Bonchev–Trinajstić information content (AvgIpc) is 2.15. The Balaban J connectivity index is 3.58. The Labute approximate surface area is 85.9 Å². The van der Waals surface area contributed by atoms with Crippen LogP contribution in [0.25, 0.3) is 0 Å². The highest BCUT2D eigenvalue weighted by Crippen LogP contribution is 2.02. The SMILES string of the molecule is COC(=O)C(O)CCCN(C)C(C)C. The summed E-state index contributed by atoms with van der Waals surface area (Å²) in [7, 11) is 3.31. The van der Waals surface area contributed by atoms with E-state index in [0.717, 1.165) is 13.0 Å². The highest BCUT2D eigenvalue weighted by atomic mass is 16.5. The average molecular weight is 203 g/mol. The van der Waals surface area contributed by atoms with Crippen LogP contribution < -0.4 is 0 Å². The summed E-state index contributed by atoms with van der Waals surface area (Å²) in [6.45, 7) is 5.10. The molecule has 0 rings (SSSR count). The van der Waals surface area contributed by atoms with Crippen molar-refractivity contribution in [3.05, 3.63) is 0 Å². The van der Waals surface area contributed by atoms with Crippen molar-refractivity contribution in [2.75, 3.05) is 20.7 Å². The summed E-state index contributed by atoms with van der Waals surface area (Å²) >= 11 is 0. The third-order valence-electron chi connectivity index (χ3n) is 2.34. The Kier molecular flexibility index (Phi) is 6.49. The molecule has 0 bridgehead atoms. The Hall–Kier alpha value is -0.610. The van der Waals surface area contributed by atoms with Crippen LogP contribution in [0.1, 0.15) is 26.7 Å². The Morgan fingerprint density at radius 2 is 2.07 bits per heavy atom. The van der Waals surface area contributed by atoms with Gasteiger partial charge in [-0.25, -0.2) is 4.79 Å². The van der Waals surface area contributed by atoms with E-state index in [4.69, 9.17) is 0 Å². The van der Waals surface area contributed by atoms with Crippen molar-refractivity contribution in [1.29, 1.82) is 0 Å². The third-order valence-corrected chi connectivity index (χ3v) is 2.34. The fourth-order valence-corrected chi connectivity index (χ4v) is 1.05. The van der Waals surface area contributed by atoms with Crippen molar-refractivity contribution in [2.45, 2.75) is 38.8 Å². The van der Waals surface area contributed by atoms with E-state index in [1.807, 2.05) is 7.05 Å². The molecule has 0 spiro atoms. The third kappa shape index (κ3) is 5.19. The van der Waals surface area contributed by atoms with E-state index in [2.05, 4.69) is 23.5 Å². The van der Waals surface area contributed by atoms with Crippen LogP contribution >= 0.6 is 0 Å². The molecule has 0 radical (unpaired) electrons. The van der Waals surface area contributed by atoms with E-state index in [1.165, 1.54) is 7.11 Å². The molecule has 4 heteroatoms. The van der Waals surface area contributed by atoms with Gasteiger partial charge in [0.15, 0.2) is 6.10 Å². The molecule has 1 N–H and O–H groups in total. The van der Waals surface area contributed by atoms with Gasteiger partial charge in [0.05, 0.1) is 7.11 Å². The van der Waals surface area contributed by atoms with Crippen molar-refractivity contribution < 1.29 is 14.6 Å². The molecule has 0 aromatic heterocycles. The van der Waals surface area contributed by atoms with Gasteiger partial charge in [0, 0.05) is 6.04 Å². The van der Waals surface area contributed by atoms with Gasteiger partial charge in [-0.15, -0.1) is 0 Å². The summed E-state index contributed by atoms with van der Waals surface area (Å²) in [5.74, 6) is -0.544. The van der Waals surface area contributed by atoms with Crippen LogP contribution in [0.2, 0.25) is 0 Å². The first-order valence-electron chi connectivity index (χ1n) is 4.95. The molecule has 0 saturated heterocycles. The van der Waals surface area contributed by atoms with Crippen LogP contribution in [0.3, 0.4) is 0 Å².